The van der Waals surface area contributed by atoms with Crippen LogP contribution in [0.4, 0.5) is 5.69 Å². The number of amides is 1. The Morgan fingerprint density at radius 1 is 1.12 bits per heavy atom. The minimum atomic E-state index is -0.332. The largest absolute Gasteiger partial charge is 0.491 e. The maximum Gasteiger partial charge on any atom is 0.257 e. The molecule has 0 radical (unpaired) electrons. The summed E-state index contributed by atoms with van der Waals surface area (Å²) < 4.78 is 5.54. The fraction of sp³-hybridized carbons (Fsp3) is 0.176. The summed E-state index contributed by atoms with van der Waals surface area (Å²) in [6.45, 7) is 3.87. The van der Waals surface area contributed by atoms with Crippen molar-refractivity contribution in [3.63, 3.8) is 0 Å². The monoisotopic (exact) mass is 382 g/mol. The summed E-state index contributed by atoms with van der Waals surface area (Å²) in [5, 5.41) is 6.31. The molecular formula is C17H16Cl2N2O2S. The molecule has 0 saturated carbocycles. The van der Waals surface area contributed by atoms with Gasteiger partial charge < -0.3 is 10.1 Å². The van der Waals surface area contributed by atoms with Crippen molar-refractivity contribution in [3.05, 3.63) is 58.1 Å². The lowest BCUT2D eigenvalue weighted by Gasteiger charge is -2.12. The predicted octanol–water partition coefficient (Wildman–Crippen LogP) is 4.91. The van der Waals surface area contributed by atoms with Gasteiger partial charge in [0.25, 0.3) is 5.91 Å². The summed E-state index contributed by atoms with van der Waals surface area (Å²) in [7, 11) is 0. The quantitative estimate of drug-likeness (QED) is 0.737. The first-order valence-corrected chi connectivity index (χ1v) is 8.36. The smallest absolute Gasteiger partial charge is 0.257 e. The van der Waals surface area contributed by atoms with E-state index in [1.54, 1.807) is 42.5 Å². The lowest BCUT2D eigenvalue weighted by atomic mass is 10.2. The van der Waals surface area contributed by atoms with Gasteiger partial charge in [0.2, 0.25) is 0 Å². The van der Waals surface area contributed by atoms with Crippen LogP contribution < -0.4 is 15.4 Å². The fourth-order valence-corrected chi connectivity index (χ4v) is 2.44. The number of nitrogens with one attached hydrogen (secondary N) is 2. The lowest BCUT2D eigenvalue weighted by Crippen LogP contribution is -2.34. The van der Waals surface area contributed by atoms with E-state index in [9.17, 15) is 4.79 Å². The lowest BCUT2D eigenvalue weighted by molar-refractivity contribution is 0.0977. The van der Waals surface area contributed by atoms with Crippen LogP contribution in [0.5, 0.6) is 5.75 Å². The Hall–Kier alpha value is -1.82. The van der Waals surface area contributed by atoms with Gasteiger partial charge in [-0.05, 0) is 62.5 Å². The normalized spacial score (nSPS) is 10.4. The molecule has 0 saturated heterocycles. The SMILES string of the molecule is CC(C)Oc1ccc(C(=O)NC(=S)Nc2cccc(Cl)c2Cl)cc1. The molecule has 0 aromatic heterocycles. The third-order valence-corrected chi connectivity index (χ3v) is 3.94. The van der Waals surface area contributed by atoms with Crippen LogP contribution in [0.1, 0.15) is 24.2 Å². The highest BCUT2D eigenvalue weighted by Gasteiger charge is 2.10. The highest BCUT2D eigenvalue weighted by atomic mass is 35.5. The third-order valence-electron chi connectivity index (χ3n) is 2.92. The van der Waals surface area contributed by atoms with Crippen LogP contribution in [0, 0.1) is 0 Å². The topological polar surface area (TPSA) is 50.4 Å². The number of ether oxygens (including phenoxy) is 1. The van der Waals surface area contributed by atoms with Crippen molar-refractivity contribution < 1.29 is 9.53 Å². The standard InChI is InChI=1S/C17H16Cl2N2O2S/c1-10(2)23-12-8-6-11(7-9-12)16(22)21-17(24)20-14-5-3-4-13(18)15(14)19/h3-10H,1-2H3,(H2,20,21,22,24). The summed E-state index contributed by atoms with van der Waals surface area (Å²) in [5.41, 5.74) is 0.989. The zero-order chi connectivity index (χ0) is 17.7. The van der Waals surface area contributed by atoms with E-state index in [1.165, 1.54) is 0 Å². The van der Waals surface area contributed by atoms with Gasteiger partial charge in [-0.3, -0.25) is 10.1 Å². The molecule has 0 unspecified atom stereocenters. The molecule has 0 bridgehead atoms. The van der Waals surface area contributed by atoms with E-state index in [0.29, 0.717) is 27.0 Å². The van der Waals surface area contributed by atoms with E-state index in [4.69, 9.17) is 40.2 Å². The predicted molar refractivity (Wildman–Crippen MR) is 102 cm³/mol. The molecule has 0 fully saturated rings. The van der Waals surface area contributed by atoms with Crippen LogP contribution in [-0.4, -0.2) is 17.1 Å². The number of benzene rings is 2. The van der Waals surface area contributed by atoms with E-state index in [0.717, 1.165) is 0 Å². The number of thiocarbonyl (C=S) groups is 1. The van der Waals surface area contributed by atoms with E-state index in [2.05, 4.69) is 10.6 Å². The Bertz CT molecular complexity index is 749. The minimum absolute atomic E-state index is 0.0731. The van der Waals surface area contributed by atoms with Gasteiger partial charge in [0.15, 0.2) is 5.11 Å². The van der Waals surface area contributed by atoms with Crippen LogP contribution in [0.3, 0.4) is 0 Å². The average molecular weight is 383 g/mol. The van der Waals surface area contributed by atoms with Crippen LogP contribution in [0.15, 0.2) is 42.5 Å². The van der Waals surface area contributed by atoms with Gasteiger partial charge in [-0.2, -0.15) is 0 Å². The fourth-order valence-electron chi connectivity index (χ4n) is 1.89. The minimum Gasteiger partial charge on any atom is -0.491 e. The summed E-state index contributed by atoms with van der Waals surface area (Å²) in [5.74, 6) is 0.370. The van der Waals surface area contributed by atoms with Crippen molar-refractivity contribution in [1.82, 2.24) is 5.32 Å². The summed E-state index contributed by atoms with van der Waals surface area (Å²) in [6, 6.07) is 11.9. The Morgan fingerprint density at radius 3 is 2.42 bits per heavy atom. The Balaban J connectivity index is 1.98. The highest BCUT2D eigenvalue weighted by molar-refractivity contribution is 7.80. The number of carbonyl (C=O) groups is 1. The average Bonchev–Trinajstić information content (AvgIpc) is 2.52. The molecule has 2 aromatic carbocycles. The van der Waals surface area contributed by atoms with Gasteiger partial charge in [0, 0.05) is 5.56 Å². The molecule has 0 atom stereocenters. The highest BCUT2D eigenvalue weighted by Crippen LogP contribution is 2.29. The van der Waals surface area contributed by atoms with Crippen molar-refractivity contribution in [1.29, 1.82) is 0 Å². The van der Waals surface area contributed by atoms with Crippen LogP contribution in [-0.2, 0) is 0 Å². The van der Waals surface area contributed by atoms with Crippen molar-refractivity contribution in [3.8, 4) is 5.75 Å². The first-order chi connectivity index (χ1) is 11.4. The number of hydrogen-bond donors (Lipinski definition) is 2. The summed E-state index contributed by atoms with van der Waals surface area (Å²) in [6.07, 6.45) is 0.0731. The second-order valence-electron chi connectivity index (χ2n) is 5.20. The van der Waals surface area contributed by atoms with Gasteiger partial charge >= 0.3 is 0 Å². The first-order valence-electron chi connectivity index (χ1n) is 7.20. The zero-order valence-electron chi connectivity index (χ0n) is 13.1. The number of anilines is 1. The van der Waals surface area contributed by atoms with Crippen molar-refractivity contribution in [2.75, 3.05) is 5.32 Å². The maximum atomic E-state index is 12.2. The molecule has 7 heteroatoms. The van der Waals surface area contributed by atoms with Crippen molar-refractivity contribution in [2.45, 2.75) is 20.0 Å². The maximum absolute atomic E-state index is 12.2. The molecule has 126 valence electrons. The molecule has 2 rings (SSSR count). The van der Waals surface area contributed by atoms with Gasteiger partial charge in [0.1, 0.15) is 5.75 Å². The Kier molecular flexibility index (Phi) is 6.43. The molecule has 0 spiro atoms. The van der Waals surface area contributed by atoms with Crippen molar-refractivity contribution in [2.24, 2.45) is 0 Å². The van der Waals surface area contributed by atoms with E-state index in [-0.39, 0.29) is 17.1 Å². The molecule has 0 aliphatic carbocycles. The van der Waals surface area contributed by atoms with E-state index in [1.807, 2.05) is 13.8 Å². The van der Waals surface area contributed by atoms with Crippen LogP contribution >= 0.6 is 35.4 Å². The second-order valence-corrected chi connectivity index (χ2v) is 6.39. The number of carbonyl (C=O) groups excluding carboxylic acids is 1. The molecule has 1 amide bonds. The van der Waals surface area contributed by atoms with Gasteiger partial charge in [0.05, 0.1) is 21.8 Å². The Labute approximate surface area is 156 Å². The van der Waals surface area contributed by atoms with Crippen LogP contribution in [0.25, 0.3) is 0 Å². The number of halogens is 2. The Morgan fingerprint density at radius 2 is 1.79 bits per heavy atom. The van der Waals surface area contributed by atoms with E-state index < -0.39 is 0 Å². The van der Waals surface area contributed by atoms with Gasteiger partial charge in [-0.15, -0.1) is 0 Å². The van der Waals surface area contributed by atoms with Crippen molar-refractivity contribution >= 4 is 52.1 Å². The van der Waals surface area contributed by atoms with E-state index >= 15 is 0 Å². The van der Waals surface area contributed by atoms with Crippen LogP contribution in [0.2, 0.25) is 10.0 Å². The first kappa shape index (κ1) is 18.5. The summed E-state index contributed by atoms with van der Waals surface area (Å²) >= 11 is 17.1. The second kappa shape index (κ2) is 8.33. The number of rotatable bonds is 4. The zero-order valence-corrected chi connectivity index (χ0v) is 15.4. The third kappa shape index (κ3) is 5.09. The molecule has 0 aliphatic rings. The molecular weight excluding hydrogens is 367 g/mol. The van der Waals surface area contributed by atoms with Gasteiger partial charge in [-0.25, -0.2) is 0 Å². The molecule has 0 aliphatic heterocycles. The van der Waals surface area contributed by atoms with Gasteiger partial charge in [-0.1, -0.05) is 29.3 Å². The molecule has 24 heavy (non-hydrogen) atoms. The number of hydrogen-bond acceptors (Lipinski definition) is 3. The molecule has 0 heterocycles. The molecule has 2 N–H and O–H groups in total. The summed E-state index contributed by atoms with van der Waals surface area (Å²) in [4.78, 5) is 12.2. The molecule has 2 aromatic rings. The molecule has 4 nitrogen and oxygen atoms in total.